The summed E-state index contributed by atoms with van der Waals surface area (Å²) in [5.41, 5.74) is 2.41. The molecule has 0 heterocycles. The molecule has 0 aliphatic heterocycles. The smallest absolute Gasteiger partial charge is 0.335 e. The average Bonchev–Trinajstić information content (AvgIpc) is 2.61. The van der Waals surface area contributed by atoms with Crippen molar-refractivity contribution < 1.29 is 24.2 Å². The van der Waals surface area contributed by atoms with Crippen LogP contribution in [0.5, 0.6) is 11.5 Å². The molecule has 0 atom stereocenters. The number of rotatable bonds is 7. The normalized spacial score (nSPS) is 10.2. The molecule has 0 saturated carbocycles. The number of ether oxygens (including phenoxy) is 2. The van der Waals surface area contributed by atoms with Crippen LogP contribution in [-0.2, 0) is 11.2 Å². The Bertz CT molecular complexity index is 785. The number of anilines is 1. The molecule has 0 aliphatic carbocycles. The number of carbonyl (C=O) groups excluding carboxylic acids is 1. The van der Waals surface area contributed by atoms with Crippen LogP contribution in [0.15, 0.2) is 36.4 Å². The fraction of sp³-hybridized carbons (Fsp3) is 0.263. The lowest BCUT2D eigenvalue weighted by Crippen LogP contribution is -2.14. The number of hydrogen-bond acceptors (Lipinski definition) is 4. The zero-order valence-electron chi connectivity index (χ0n) is 14.5. The maximum atomic E-state index is 12.2. The van der Waals surface area contributed by atoms with Gasteiger partial charge in [0.05, 0.1) is 19.8 Å². The standard InChI is InChI=1S/C19H21NO5/c1-12-4-7-14(19(22)23)11-15(12)20-18(21)9-6-13-5-8-16(24-2)17(10-13)25-3/h4-5,7-8,10-11H,6,9H2,1-3H3,(H,20,21)(H,22,23). The Morgan fingerprint density at radius 1 is 1.04 bits per heavy atom. The second-order valence-electron chi connectivity index (χ2n) is 5.57. The molecular formula is C19H21NO5. The van der Waals surface area contributed by atoms with Crippen LogP contribution in [0.3, 0.4) is 0 Å². The Morgan fingerprint density at radius 2 is 1.76 bits per heavy atom. The van der Waals surface area contributed by atoms with Crippen molar-refractivity contribution >= 4 is 17.6 Å². The molecule has 6 heteroatoms. The van der Waals surface area contributed by atoms with Crippen molar-refractivity contribution in [2.45, 2.75) is 19.8 Å². The van der Waals surface area contributed by atoms with E-state index in [9.17, 15) is 9.59 Å². The molecule has 0 saturated heterocycles. The Balaban J connectivity index is 2.02. The first kappa shape index (κ1) is 18.3. The van der Waals surface area contributed by atoms with Gasteiger partial charge in [0.1, 0.15) is 0 Å². The summed E-state index contributed by atoms with van der Waals surface area (Å²) in [4.78, 5) is 23.2. The van der Waals surface area contributed by atoms with E-state index >= 15 is 0 Å². The fourth-order valence-electron chi connectivity index (χ4n) is 2.40. The summed E-state index contributed by atoms with van der Waals surface area (Å²) in [6.45, 7) is 1.82. The van der Waals surface area contributed by atoms with Gasteiger partial charge in [0, 0.05) is 12.1 Å². The van der Waals surface area contributed by atoms with E-state index in [1.165, 1.54) is 12.1 Å². The van der Waals surface area contributed by atoms with Gasteiger partial charge in [-0.25, -0.2) is 4.79 Å². The molecule has 2 aromatic carbocycles. The average molecular weight is 343 g/mol. The Morgan fingerprint density at radius 3 is 2.40 bits per heavy atom. The number of carboxylic acids is 1. The van der Waals surface area contributed by atoms with E-state index in [0.29, 0.717) is 23.6 Å². The quantitative estimate of drug-likeness (QED) is 0.806. The van der Waals surface area contributed by atoms with E-state index in [4.69, 9.17) is 14.6 Å². The first-order valence-electron chi connectivity index (χ1n) is 7.79. The molecule has 0 spiro atoms. The van der Waals surface area contributed by atoms with E-state index in [2.05, 4.69) is 5.32 Å². The lowest BCUT2D eigenvalue weighted by atomic mass is 10.1. The molecule has 2 aromatic rings. The number of aromatic carboxylic acids is 1. The monoisotopic (exact) mass is 343 g/mol. The van der Waals surface area contributed by atoms with Gasteiger partial charge in [0.2, 0.25) is 5.91 Å². The van der Waals surface area contributed by atoms with E-state index in [1.54, 1.807) is 26.4 Å². The molecule has 0 bridgehead atoms. The summed E-state index contributed by atoms with van der Waals surface area (Å²) in [5.74, 6) is 0.0449. The summed E-state index contributed by atoms with van der Waals surface area (Å²) in [6.07, 6.45) is 0.802. The van der Waals surface area contributed by atoms with Crippen molar-refractivity contribution in [3.05, 3.63) is 53.1 Å². The van der Waals surface area contributed by atoms with E-state index in [1.807, 2.05) is 19.1 Å². The maximum absolute atomic E-state index is 12.2. The van der Waals surface area contributed by atoms with Crippen molar-refractivity contribution in [3.63, 3.8) is 0 Å². The molecule has 132 valence electrons. The third kappa shape index (κ3) is 4.73. The first-order chi connectivity index (χ1) is 11.9. The second-order valence-corrected chi connectivity index (χ2v) is 5.57. The Kier molecular flexibility index (Phi) is 6.00. The minimum absolute atomic E-state index is 0.140. The van der Waals surface area contributed by atoms with Crippen molar-refractivity contribution in [1.82, 2.24) is 0 Å². The van der Waals surface area contributed by atoms with Gasteiger partial charge in [-0.2, -0.15) is 0 Å². The van der Waals surface area contributed by atoms with Crippen molar-refractivity contribution in [2.75, 3.05) is 19.5 Å². The number of benzene rings is 2. The number of nitrogens with one attached hydrogen (secondary N) is 1. The molecule has 25 heavy (non-hydrogen) atoms. The van der Waals surface area contributed by atoms with Crippen LogP contribution in [0.4, 0.5) is 5.69 Å². The topological polar surface area (TPSA) is 84.9 Å². The van der Waals surface area contributed by atoms with Crippen molar-refractivity contribution in [2.24, 2.45) is 0 Å². The van der Waals surface area contributed by atoms with Crippen molar-refractivity contribution in [3.8, 4) is 11.5 Å². The third-order valence-corrected chi connectivity index (χ3v) is 3.85. The number of aryl methyl sites for hydroxylation is 2. The molecule has 2 rings (SSSR count). The summed E-state index contributed by atoms with van der Waals surface area (Å²) in [7, 11) is 3.13. The zero-order chi connectivity index (χ0) is 18.4. The molecular weight excluding hydrogens is 322 g/mol. The van der Waals surface area contributed by atoms with Gasteiger partial charge in [-0.3, -0.25) is 4.79 Å². The first-order valence-corrected chi connectivity index (χ1v) is 7.79. The maximum Gasteiger partial charge on any atom is 0.335 e. The van der Waals surface area contributed by atoms with Gasteiger partial charge in [0.15, 0.2) is 11.5 Å². The molecule has 0 fully saturated rings. The summed E-state index contributed by atoms with van der Waals surface area (Å²) < 4.78 is 10.4. The number of hydrogen-bond donors (Lipinski definition) is 2. The highest BCUT2D eigenvalue weighted by Gasteiger charge is 2.10. The fourth-order valence-corrected chi connectivity index (χ4v) is 2.40. The Hall–Kier alpha value is -3.02. The highest BCUT2D eigenvalue weighted by molar-refractivity contribution is 5.94. The minimum atomic E-state index is -1.03. The van der Waals surface area contributed by atoms with E-state index in [0.717, 1.165) is 11.1 Å². The van der Waals surface area contributed by atoms with Crippen LogP contribution < -0.4 is 14.8 Å². The van der Waals surface area contributed by atoms with Gasteiger partial charge in [-0.1, -0.05) is 12.1 Å². The van der Waals surface area contributed by atoms with Crippen LogP contribution >= 0.6 is 0 Å². The highest BCUT2D eigenvalue weighted by Crippen LogP contribution is 2.28. The molecule has 2 N–H and O–H groups in total. The molecule has 6 nitrogen and oxygen atoms in total. The third-order valence-electron chi connectivity index (χ3n) is 3.85. The van der Waals surface area contributed by atoms with Crippen LogP contribution in [-0.4, -0.2) is 31.2 Å². The number of carbonyl (C=O) groups is 2. The lowest BCUT2D eigenvalue weighted by molar-refractivity contribution is -0.116. The number of methoxy groups -OCH3 is 2. The van der Waals surface area contributed by atoms with Crippen LogP contribution in [0.1, 0.15) is 27.9 Å². The number of carboxylic acid groups (broad SMARTS) is 1. The minimum Gasteiger partial charge on any atom is -0.493 e. The number of amides is 1. The van der Waals surface area contributed by atoms with E-state index < -0.39 is 5.97 Å². The van der Waals surface area contributed by atoms with Gasteiger partial charge >= 0.3 is 5.97 Å². The van der Waals surface area contributed by atoms with Crippen LogP contribution in [0, 0.1) is 6.92 Å². The lowest BCUT2D eigenvalue weighted by Gasteiger charge is -2.11. The molecule has 1 amide bonds. The predicted octanol–water partition coefficient (Wildman–Crippen LogP) is 3.28. The van der Waals surface area contributed by atoms with Gasteiger partial charge in [-0.05, 0) is 48.7 Å². The molecule has 0 unspecified atom stereocenters. The van der Waals surface area contributed by atoms with Crippen LogP contribution in [0.25, 0.3) is 0 Å². The van der Waals surface area contributed by atoms with E-state index in [-0.39, 0.29) is 17.9 Å². The molecule has 0 radical (unpaired) electrons. The second kappa shape index (κ2) is 8.19. The van der Waals surface area contributed by atoms with Gasteiger partial charge < -0.3 is 19.9 Å². The van der Waals surface area contributed by atoms with Gasteiger partial charge in [0.25, 0.3) is 0 Å². The molecule has 0 aromatic heterocycles. The zero-order valence-corrected chi connectivity index (χ0v) is 14.5. The largest absolute Gasteiger partial charge is 0.493 e. The summed E-state index contributed by atoms with van der Waals surface area (Å²) in [5, 5.41) is 11.8. The SMILES string of the molecule is COc1ccc(CCC(=O)Nc2cc(C(=O)O)ccc2C)cc1OC. The Labute approximate surface area is 146 Å². The highest BCUT2D eigenvalue weighted by atomic mass is 16.5. The predicted molar refractivity (Wildman–Crippen MR) is 94.6 cm³/mol. The van der Waals surface area contributed by atoms with Gasteiger partial charge in [-0.15, -0.1) is 0 Å². The van der Waals surface area contributed by atoms with Crippen molar-refractivity contribution in [1.29, 1.82) is 0 Å². The van der Waals surface area contributed by atoms with Crippen LogP contribution in [0.2, 0.25) is 0 Å². The summed E-state index contributed by atoms with van der Waals surface area (Å²) in [6, 6.07) is 10.2. The summed E-state index contributed by atoms with van der Waals surface area (Å²) >= 11 is 0. The molecule has 0 aliphatic rings.